The van der Waals surface area contributed by atoms with Gasteiger partial charge < -0.3 is 4.74 Å². The van der Waals surface area contributed by atoms with Gasteiger partial charge in [-0.15, -0.1) is 0 Å². The van der Waals surface area contributed by atoms with Gasteiger partial charge in [-0.25, -0.2) is 5.01 Å². The maximum Gasteiger partial charge on any atom is 0.272 e. The summed E-state index contributed by atoms with van der Waals surface area (Å²) in [5, 5.41) is 1.36. The highest BCUT2D eigenvalue weighted by molar-refractivity contribution is 6.00. The summed E-state index contributed by atoms with van der Waals surface area (Å²) in [4.78, 5) is 25.6. The number of benzene rings is 2. The van der Waals surface area contributed by atoms with E-state index in [1.807, 2.05) is 33.8 Å². The highest BCUT2D eigenvalue weighted by Crippen LogP contribution is 2.22. The number of amides is 2. The van der Waals surface area contributed by atoms with Gasteiger partial charge in [0.15, 0.2) is 0 Å². The monoisotopic (exact) mass is 340 g/mol. The van der Waals surface area contributed by atoms with Gasteiger partial charge in [-0.2, -0.15) is 0 Å². The van der Waals surface area contributed by atoms with Gasteiger partial charge >= 0.3 is 0 Å². The minimum atomic E-state index is -0.588. The van der Waals surface area contributed by atoms with Crippen molar-refractivity contribution < 1.29 is 14.3 Å². The quantitative estimate of drug-likeness (QED) is 0.869. The number of hydrogen-bond acceptors (Lipinski definition) is 3. The van der Waals surface area contributed by atoms with Crippen LogP contribution >= 0.6 is 0 Å². The molecule has 25 heavy (non-hydrogen) atoms. The largest absolute Gasteiger partial charge is 0.496 e. The number of methoxy groups -OCH3 is 1. The zero-order valence-corrected chi connectivity index (χ0v) is 15.3. The fourth-order valence-electron chi connectivity index (χ4n) is 2.48. The maximum atomic E-state index is 12.9. The molecule has 0 spiro atoms. The number of carbonyl (C=O) groups excluding carboxylic acids is 2. The van der Waals surface area contributed by atoms with Crippen molar-refractivity contribution in [3.8, 4) is 5.75 Å². The lowest BCUT2D eigenvalue weighted by Crippen LogP contribution is -2.56. The number of hydrogen-bond donors (Lipinski definition) is 1. The molecule has 0 radical (unpaired) electrons. The Balaban J connectivity index is 2.32. The van der Waals surface area contributed by atoms with Crippen LogP contribution in [0.2, 0.25) is 0 Å². The fraction of sp³-hybridized carbons (Fsp3) is 0.300. The van der Waals surface area contributed by atoms with Gasteiger partial charge in [-0.05, 0) is 52.0 Å². The van der Waals surface area contributed by atoms with Crippen molar-refractivity contribution >= 4 is 11.8 Å². The predicted octanol–water partition coefficient (Wildman–Crippen LogP) is 3.59. The second-order valence-corrected chi connectivity index (χ2v) is 6.75. The topological polar surface area (TPSA) is 58.6 Å². The highest BCUT2D eigenvalue weighted by atomic mass is 16.5. The third kappa shape index (κ3) is 4.18. The zero-order valence-electron chi connectivity index (χ0n) is 15.3. The number of nitrogens with one attached hydrogen (secondary N) is 1. The first-order valence-corrected chi connectivity index (χ1v) is 8.10. The smallest absolute Gasteiger partial charge is 0.272 e. The summed E-state index contributed by atoms with van der Waals surface area (Å²) in [6.45, 7) is 7.42. The average Bonchev–Trinajstić information content (AvgIpc) is 2.59. The Labute approximate surface area is 148 Å². The minimum absolute atomic E-state index is 0.262. The molecule has 5 heteroatoms. The Morgan fingerprint density at radius 2 is 1.64 bits per heavy atom. The van der Waals surface area contributed by atoms with Crippen molar-refractivity contribution in [2.75, 3.05) is 7.11 Å². The molecule has 0 saturated carbocycles. The Kier molecular flexibility index (Phi) is 5.47. The first-order chi connectivity index (χ1) is 11.8. The van der Waals surface area contributed by atoms with E-state index >= 15 is 0 Å². The minimum Gasteiger partial charge on any atom is -0.496 e. The van der Waals surface area contributed by atoms with Crippen molar-refractivity contribution in [1.29, 1.82) is 0 Å². The van der Waals surface area contributed by atoms with E-state index in [0.717, 1.165) is 5.56 Å². The second-order valence-electron chi connectivity index (χ2n) is 6.75. The first-order valence-electron chi connectivity index (χ1n) is 8.10. The molecule has 0 heterocycles. The molecule has 0 aliphatic heterocycles. The molecule has 2 amide bonds. The maximum absolute atomic E-state index is 12.9. The Bertz CT molecular complexity index is 764. The van der Waals surface area contributed by atoms with Gasteiger partial charge in [0, 0.05) is 16.7 Å². The Morgan fingerprint density at radius 1 is 1.00 bits per heavy atom. The summed E-state index contributed by atoms with van der Waals surface area (Å²) in [7, 11) is 1.56. The van der Waals surface area contributed by atoms with Crippen LogP contribution in [0.25, 0.3) is 0 Å². The molecule has 5 nitrogen and oxygen atoms in total. The van der Waals surface area contributed by atoms with E-state index in [2.05, 4.69) is 5.43 Å². The molecule has 0 aliphatic carbocycles. The number of nitrogens with zero attached hydrogens (tertiary/aromatic N) is 1. The van der Waals surface area contributed by atoms with Crippen molar-refractivity contribution in [3.63, 3.8) is 0 Å². The lowest BCUT2D eigenvalue weighted by molar-refractivity contribution is 0.0358. The molecular weight excluding hydrogens is 316 g/mol. The Morgan fingerprint density at radius 3 is 2.20 bits per heavy atom. The number of hydrazine groups is 1. The van der Waals surface area contributed by atoms with Crippen LogP contribution in [0.3, 0.4) is 0 Å². The molecule has 0 saturated heterocycles. The normalized spacial score (nSPS) is 10.9. The van der Waals surface area contributed by atoms with Gasteiger partial charge in [0.2, 0.25) is 0 Å². The van der Waals surface area contributed by atoms with E-state index in [1.165, 1.54) is 5.01 Å². The molecule has 0 atom stereocenters. The summed E-state index contributed by atoms with van der Waals surface area (Å²) < 4.78 is 5.26. The molecule has 0 aromatic heterocycles. The van der Waals surface area contributed by atoms with Gasteiger partial charge in [0.25, 0.3) is 11.8 Å². The summed E-state index contributed by atoms with van der Waals surface area (Å²) in [5.74, 6) is 0.0157. The van der Waals surface area contributed by atoms with Crippen molar-refractivity contribution in [3.05, 3.63) is 65.2 Å². The zero-order chi connectivity index (χ0) is 18.6. The van der Waals surface area contributed by atoms with Gasteiger partial charge in [0.1, 0.15) is 5.75 Å². The van der Waals surface area contributed by atoms with E-state index in [1.54, 1.807) is 49.6 Å². The molecule has 0 bridgehead atoms. The van der Waals surface area contributed by atoms with Gasteiger partial charge in [-0.1, -0.05) is 24.3 Å². The molecule has 2 rings (SSSR count). The number of carbonyl (C=O) groups is 2. The molecule has 2 aromatic rings. The molecule has 2 aromatic carbocycles. The molecule has 0 unspecified atom stereocenters. The third-order valence-electron chi connectivity index (χ3n) is 3.86. The van der Waals surface area contributed by atoms with Gasteiger partial charge in [-0.3, -0.25) is 15.0 Å². The summed E-state index contributed by atoms with van der Waals surface area (Å²) in [6, 6.07) is 14.1. The Hall–Kier alpha value is -2.82. The van der Waals surface area contributed by atoms with Gasteiger partial charge in [0.05, 0.1) is 12.6 Å². The van der Waals surface area contributed by atoms with E-state index < -0.39 is 5.54 Å². The predicted molar refractivity (Wildman–Crippen MR) is 97.6 cm³/mol. The lowest BCUT2D eigenvalue weighted by Gasteiger charge is -2.35. The second kappa shape index (κ2) is 7.38. The highest BCUT2D eigenvalue weighted by Gasteiger charge is 2.30. The lowest BCUT2D eigenvalue weighted by atomic mass is 10.1. The number of rotatable bonds is 3. The third-order valence-corrected chi connectivity index (χ3v) is 3.86. The average molecular weight is 340 g/mol. The first kappa shape index (κ1) is 18.5. The number of ether oxygens (including phenoxy) is 1. The van der Waals surface area contributed by atoms with Crippen molar-refractivity contribution in [2.45, 2.75) is 33.2 Å². The van der Waals surface area contributed by atoms with Crippen molar-refractivity contribution in [1.82, 2.24) is 10.4 Å². The van der Waals surface area contributed by atoms with Crippen LogP contribution in [0.15, 0.2) is 48.5 Å². The van der Waals surface area contributed by atoms with Crippen LogP contribution in [-0.2, 0) is 0 Å². The summed E-state index contributed by atoms with van der Waals surface area (Å²) >= 11 is 0. The molecule has 0 fully saturated rings. The summed E-state index contributed by atoms with van der Waals surface area (Å²) in [5.41, 5.74) is 3.87. The molecule has 0 aliphatic rings. The van der Waals surface area contributed by atoms with E-state index in [4.69, 9.17) is 4.74 Å². The molecule has 132 valence electrons. The van der Waals surface area contributed by atoms with Crippen LogP contribution in [-0.4, -0.2) is 29.5 Å². The van der Waals surface area contributed by atoms with Crippen molar-refractivity contribution in [2.24, 2.45) is 0 Å². The molecule has 1 N–H and O–H groups in total. The standard InChI is InChI=1S/C20H24N2O3/c1-14-16(12-9-13-17(14)25-5)18(23)21-22(20(2,3)4)19(24)15-10-7-6-8-11-15/h6-13H,1-5H3,(H,21,23). The van der Waals surface area contributed by atoms with E-state index in [0.29, 0.717) is 16.9 Å². The van der Waals surface area contributed by atoms with E-state index in [-0.39, 0.29) is 11.8 Å². The van der Waals surface area contributed by atoms with Crippen LogP contribution in [0.4, 0.5) is 0 Å². The van der Waals surface area contributed by atoms with Crippen LogP contribution in [0, 0.1) is 6.92 Å². The van der Waals surface area contributed by atoms with Crippen LogP contribution < -0.4 is 10.2 Å². The van der Waals surface area contributed by atoms with E-state index in [9.17, 15) is 9.59 Å². The summed E-state index contributed by atoms with van der Waals surface area (Å²) in [6.07, 6.45) is 0. The van der Waals surface area contributed by atoms with Crippen LogP contribution in [0.5, 0.6) is 5.75 Å². The molecular formula is C20H24N2O3. The SMILES string of the molecule is COc1cccc(C(=O)NN(C(=O)c2ccccc2)C(C)(C)C)c1C. The van der Waals surface area contributed by atoms with Crippen LogP contribution in [0.1, 0.15) is 47.1 Å². The fourth-order valence-corrected chi connectivity index (χ4v) is 2.48.